The van der Waals surface area contributed by atoms with Crippen molar-refractivity contribution in [2.24, 2.45) is 5.92 Å². The first-order valence-electron chi connectivity index (χ1n) is 15.2. The molecule has 1 atom stereocenters. The Morgan fingerprint density at radius 2 is 0.972 bits per heavy atom. The fourth-order valence-corrected chi connectivity index (χ4v) is 3.95. The molecule has 36 heavy (non-hydrogen) atoms. The summed E-state index contributed by atoms with van der Waals surface area (Å²) in [5, 5.41) is 0. The third kappa shape index (κ3) is 27.9. The summed E-state index contributed by atoms with van der Waals surface area (Å²) >= 11 is 0. The van der Waals surface area contributed by atoms with Crippen LogP contribution in [-0.4, -0.2) is 65.4 Å². The lowest BCUT2D eigenvalue weighted by molar-refractivity contribution is -0.145. The Morgan fingerprint density at radius 3 is 1.47 bits per heavy atom. The van der Waals surface area contributed by atoms with Gasteiger partial charge in [-0.3, -0.25) is 4.79 Å². The molecule has 0 aliphatic heterocycles. The van der Waals surface area contributed by atoms with Crippen molar-refractivity contribution in [1.29, 1.82) is 0 Å². The molecular formula is C30H60O6. The third-order valence-corrected chi connectivity index (χ3v) is 6.45. The predicted molar refractivity (Wildman–Crippen MR) is 149 cm³/mol. The molecule has 0 heterocycles. The van der Waals surface area contributed by atoms with Gasteiger partial charge < -0.3 is 23.7 Å². The maximum Gasteiger partial charge on any atom is 0.305 e. The van der Waals surface area contributed by atoms with Gasteiger partial charge in [-0.25, -0.2) is 0 Å². The topological polar surface area (TPSA) is 63.2 Å². The van der Waals surface area contributed by atoms with Crippen LogP contribution in [0.5, 0.6) is 0 Å². The first kappa shape index (κ1) is 35.3. The molecule has 0 aromatic carbocycles. The Labute approximate surface area is 223 Å². The summed E-state index contributed by atoms with van der Waals surface area (Å²) in [7, 11) is 0. The Morgan fingerprint density at radius 1 is 0.528 bits per heavy atom. The molecule has 6 heteroatoms. The minimum atomic E-state index is -0.116. The highest BCUT2D eigenvalue weighted by Gasteiger charge is 2.09. The number of ether oxygens (including phenoxy) is 5. The molecule has 0 fully saturated rings. The van der Waals surface area contributed by atoms with Crippen molar-refractivity contribution >= 4 is 5.97 Å². The Bertz CT molecular complexity index is 432. The van der Waals surface area contributed by atoms with Crippen molar-refractivity contribution in [3.8, 4) is 0 Å². The summed E-state index contributed by atoms with van der Waals surface area (Å²) < 4.78 is 27.6. The number of carbonyl (C=O) groups excluding carboxylic acids is 1. The van der Waals surface area contributed by atoms with Gasteiger partial charge in [-0.1, -0.05) is 97.8 Å². The van der Waals surface area contributed by atoms with Gasteiger partial charge in [-0.2, -0.15) is 0 Å². The number of hydrogen-bond donors (Lipinski definition) is 0. The van der Waals surface area contributed by atoms with Crippen LogP contribution in [0.25, 0.3) is 0 Å². The molecule has 1 unspecified atom stereocenters. The fraction of sp³-hybridized carbons (Fsp3) is 0.967. The molecule has 0 bridgehead atoms. The minimum Gasteiger partial charge on any atom is -0.465 e. The van der Waals surface area contributed by atoms with E-state index in [2.05, 4.69) is 20.8 Å². The first-order valence-corrected chi connectivity index (χ1v) is 15.2. The van der Waals surface area contributed by atoms with Crippen molar-refractivity contribution < 1.29 is 28.5 Å². The van der Waals surface area contributed by atoms with E-state index in [1.165, 1.54) is 70.6 Å². The second-order valence-corrected chi connectivity index (χ2v) is 9.83. The summed E-state index contributed by atoms with van der Waals surface area (Å²) in [4.78, 5) is 11.8. The molecular weight excluding hydrogens is 456 g/mol. The van der Waals surface area contributed by atoms with Crippen LogP contribution in [-0.2, 0) is 28.5 Å². The predicted octanol–water partition coefficient (Wildman–Crippen LogP) is 7.51. The zero-order valence-corrected chi connectivity index (χ0v) is 24.2. The molecule has 0 aliphatic rings. The molecule has 0 amide bonds. The number of carbonyl (C=O) groups is 1. The number of rotatable bonds is 30. The van der Waals surface area contributed by atoms with E-state index in [9.17, 15) is 4.79 Å². The van der Waals surface area contributed by atoms with Crippen molar-refractivity contribution in [3.05, 3.63) is 0 Å². The molecule has 0 aromatic rings. The van der Waals surface area contributed by atoms with Crippen LogP contribution < -0.4 is 0 Å². The Balaban J connectivity index is 3.19. The Kier molecular flexibility index (Phi) is 29.9. The number of unbranched alkanes of at least 4 members (excludes halogenated alkanes) is 10. The summed E-state index contributed by atoms with van der Waals surface area (Å²) in [6.07, 6.45) is 19.2. The van der Waals surface area contributed by atoms with E-state index in [0.717, 1.165) is 25.9 Å². The molecule has 0 saturated heterocycles. The van der Waals surface area contributed by atoms with Gasteiger partial charge >= 0.3 is 5.97 Å². The van der Waals surface area contributed by atoms with E-state index < -0.39 is 0 Å². The molecule has 216 valence electrons. The molecule has 6 nitrogen and oxygen atoms in total. The molecule has 0 radical (unpaired) electrons. The smallest absolute Gasteiger partial charge is 0.305 e. The van der Waals surface area contributed by atoms with Crippen LogP contribution in [0.4, 0.5) is 0 Å². The average Bonchev–Trinajstić information content (AvgIpc) is 2.89. The minimum absolute atomic E-state index is 0.116. The van der Waals surface area contributed by atoms with Gasteiger partial charge in [0.25, 0.3) is 0 Å². The van der Waals surface area contributed by atoms with Crippen LogP contribution in [0.2, 0.25) is 0 Å². The van der Waals surface area contributed by atoms with E-state index in [1.54, 1.807) is 0 Å². The molecule has 0 saturated carbocycles. The summed E-state index contributed by atoms with van der Waals surface area (Å²) in [5.74, 6) is 0.377. The van der Waals surface area contributed by atoms with Crippen LogP contribution in [0.3, 0.4) is 0 Å². The van der Waals surface area contributed by atoms with Crippen LogP contribution in [0.1, 0.15) is 124 Å². The molecule has 0 aromatic heterocycles. The highest BCUT2D eigenvalue weighted by molar-refractivity contribution is 5.69. The lowest BCUT2D eigenvalue weighted by Crippen LogP contribution is -2.15. The third-order valence-electron chi connectivity index (χ3n) is 6.45. The highest BCUT2D eigenvalue weighted by Crippen LogP contribution is 2.13. The van der Waals surface area contributed by atoms with Crippen molar-refractivity contribution in [2.75, 3.05) is 59.5 Å². The quantitative estimate of drug-likeness (QED) is 0.0727. The van der Waals surface area contributed by atoms with E-state index in [1.807, 2.05) is 0 Å². The average molecular weight is 517 g/mol. The summed E-state index contributed by atoms with van der Waals surface area (Å²) in [6, 6.07) is 0. The second kappa shape index (κ2) is 30.5. The van der Waals surface area contributed by atoms with Gasteiger partial charge in [-0.15, -0.1) is 0 Å². The second-order valence-electron chi connectivity index (χ2n) is 9.83. The van der Waals surface area contributed by atoms with Gasteiger partial charge in [0.05, 0.1) is 46.2 Å². The monoisotopic (exact) mass is 516 g/mol. The number of hydrogen-bond acceptors (Lipinski definition) is 6. The SMILES string of the molecule is CCCCCCCCCCCCOCCOCCOCCOCCCC(=O)OCC(CC)CCCC. The highest BCUT2D eigenvalue weighted by atomic mass is 16.6. The maximum atomic E-state index is 11.8. The molecule has 0 spiro atoms. The molecule has 0 rings (SSSR count). The summed E-state index contributed by atoms with van der Waals surface area (Å²) in [5.41, 5.74) is 0. The zero-order chi connectivity index (χ0) is 26.4. The normalized spacial score (nSPS) is 12.2. The van der Waals surface area contributed by atoms with Gasteiger partial charge in [-0.05, 0) is 25.2 Å². The Hall–Kier alpha value is -0.690. The van der Waals surface area contributed by atoms with E-state index in [4.69, 9.17) is 23.7 Å². The molecule has 0 N–H and O–H groups in total. The fourth-order valence-electron chi connectivity index (χ4n) is 3.95. The van der Waals surface area contributed by atoms with Gasteiger partial charge in [0, 0.05) is 19.6 Å². The van der Waals surface area contributed by atoms with Crippen LogP contribution >= 0.6 is 0 Å². The number of esters is 1. The summed E-state index contributed by atoms with van der Waals surface area (Å²) in [6.45, 7) is 12.0. The maximum absolute atomic E-state index is 11.8. The van der Waals surface area contributed by atoms with Crippen molar-refractivity contribution in [1.82, 2.24) is 0 Å². The zero-order valence-electron chi connectivity index (χ0n) is 24.2. The van der Waals surface area contributed by atoms with Crippen LogP contribution in [0.15, 0.2) is 0 Å². The van der Waals surface area contributed by atoms with Crippen molar-refractivity contribution in [2.45, 2.75) is 124 Å². The van der Waals surface area contributed by atoms with Gasteiger partial charge in [0.2, 0.25) is 0 Å². The van der Waals surface area contributed by atoms with Crippen molar-refractivity contribution in [3.63, 3.8) is 0 Å². The lowest BCUT2D eigenvalue weighted by atomic mass is 10.0. The lowest BCUT2D eigenvalue weighted by Gasteiger charge is -2.14. The molecule has 0 aliphatic carbocycles. The standard InChI is InChI=1S/C30H60O6/c1-4-7-9-10-11-12-13-14-15-16-20-32-22-24-34-26-27-35-25-23-33-21-17-19-30(31)36-28-29(6-3)18-8-5-2/h29H,4-28H2,1-3H3. The van der Waals surface area contributed by atoms with E-state index >= 15 is 0 Å². The van der Waals surface area contributed by atoms with E-state index in [0.29, 0.717) is 71.6 Å². The first-order chi connectivity index (χ1) is 17.7. The van der Waals surface area contributed by atoms with E-state index in [-0.39, 0.29) is 5.97 Å². The van der Waals surface area contributed by atoms with Gasteiger partial charge in [0.1, 0.15) is 0 Å². The largest absolute Gasteiger partial charge is 0.465 e. The van der Waals surface area contributed by atoms with Crippen LogP contribution in [0, 0.1) is 5.92 Å². The van der Waals surface area contributed by atoms with Gasteiger partial charge in [0.15, 0.2) is 0 Å².